The van der Waals surface area contributed by atoms with Gasteiger partial charge in [-0.1, -0.05) is 23.2 Å². The van der Waals surface area contributed by atoms with Crippen molar-refractivity contribution in [3.05, 3.63) is 75.4 Å². The van der Waals surface area contributed by atoms with E-state index in [0.717, 1.165) is 9.25 Å². The molecule has 0 aliphatic rings. The van der Waals surface area contributed by atoms with E-state index in [2.05, 4.69) is 20.2 Å². The fourth-order valence-electron chi connectivity index (χ4n) is 2.96. The summed E-state index contributed by atoms with van der Waals surface area (Å²) in [6.07, 6.45) is -3.35. The van der Waals surface area contributed by atoms with Crippen LogP contribution in [-0.4, -0.2) is 51.5 Å². The van der Waals surface area contributed by atoms with Crippen LogP contribution in [0.15, 0.2) is 53.8 Å². The number of halogens is 5. The molecule has 1 N–H and O–H groups in total. The highest BCUT2D eigenvalue weighted by Gasteiger charge is 2.39. The van der Waals surface area contributed by atoms with E-state index in [-0.39, 0.29) is 18.2 Å². The summed E-state index contributed by atoms with van der Waals surface area (Å²) < 4.78 is 41.9. The molecule has 172 valence electrons. The average Bonchev–Trinajstić information content (AvgIpc) is 3.34. The minimum Gasteiger partial charge on any atom is -0.382 e. The molecule has 0 amide bonds. The highest BCUT2D eigenvalue weighted by molar-refractivity contribution is 6.32. The van der Waals surface area contributed by atoms with Gasteiger partial charge in [0, 0.05) is 16.8 Å². The smallest absolute Gasteiger partial charge is 0.382 e. The summed E-state index contributed by atoms with van der Waals surface area (Å²) >= 11 is 12.0. The van der Waals surface area contributed by atoms with Gasteiger partial charge in [-0.15, -0.1) is 10.2 Å². The number of aromatic nitrogens is 7. The summed E-state index contributed by atoms with van der Waals surface area (Å²) in [4.78, 5) is 21.0. The Morgan fingerprint density at radius 3 is 2.48 bits per heavy atom. The first-order valence-electron chi connectivity index (χ1n) is 9.32. The molecule has 9 nitrogen and oxygen atoms in total. The van der Waals surface area contributed by atoms with E-state index >= 15 is 0 Å². The van der Waals surface area contributed by atoms with E-state index in [0.29, 0.717) is 21.3 Å². The first-order valence-corrected chi connectivity index (χ1v) is 10.1. The monoisotopic (exact) mass is 499 g/mol. The molecule has 0 saturated heterocycles. The lowest BCUT2D eigenvalue weighted by Gasteiger charge is -2.15. The predicted molar refractivity (Wildman–Crippen MR) is 112 cm³/mol. The quantitative estimate of drug-likeness (QED) is 0.437. The van der Waals surface area contributed by atoms with Crippen LogP contribution in [0.3, 0.4) is 0 Å². The van der Waals surface area contributed by atoms with Gasteiger partial charge in [-0.3, -0.25) is 9.55 Å². The van der Waals surface area contributed by atoms with Crippen molar-refractivity contribution in [1.82, 2.24) is 34.1 Å². The summed E-state index contributed by atoms with van der Waals surface area (Å²) in [5, 5.41) is 18.7. The molecule has 0 fully saturated rings. The molecule has 0 bridgehead atoms. The lowest BCUT2D eigenvalue weighted by Crippen LogP contribution is -2.37. The van der Waals surface area contributed by atoms with Gasteiger partial charge < -0.3 is 5.11 Å². The lowest BCUT2D eigenvalue weighted by molar-refractivity contribution is -0.207. The maximum Gasteiger partial charge on any atom is 0.416 e. The first kappa shape index (κ1) is 23.0. The molecule has 0 saturated carbocycles. The average molecular weight is 500 g/mol. The van der Waals surface area contributed by atoms with Crippen LogP contribution in [0.1, 0.15) is 5.82 Å². The van der Waals surface area contributed by atoms with Crippen LogP contribution in [0, 0.1) is 0 Å². The van der Waals surface area contributed by atoms with Gasteiger partial charge in [-0.05, 0) is 30.3 Å². The van der Waals surface area contributed by atoms with Gasteiger partial charge >= 0.3 is 11.9 Å². The highest BCUT2D eigenvalue weighted by Crippen LogP contribution is 2.24. The fourth-order valence-corrected chi connectivity index (χ4v) is 3.27. The Hall–Kier alpha value is -3.22. The van der Waals surface area contributed by atoms with Crippen LogP contribution in [0.4, 0.5) is 13.2 Å². The molecule has 14 heteroatoms. The number of alkyl halides is 3. The van der Waals surface area contributed by atoms with Gasteiger partial charge in [0.15, 0.2) is 17.8 Å². The van der Waals surface area contributed by atoms with Crippen molar-refractivity contribution in [3.8, 4) is 17.1 Å². The van der Waals surface area contributed by atoms with Gasteiger partial charge in [0.05, 0.1) is 17.8 Å². The molecule has 1 atom stereocenters. The van der Waals surface area contributed by atoms with Crippen LogP contribution in [0.2, 0.25) is 10.0 Å². The van der Waals surface area contributed by atoms with Crippen molar-refractivity contribution in [3.63, 3.8) is 0 Å². The van der Waals surface area contributed by atoms with Crippen molar-refractivity contribution in [2.75, 3.05) is 0 Å². The molecule has 0 aliphatic carbocycles. The van der Waals surface area contributed by atoms with Crippen molar-refractivity contribution in [2.24, 2.45) is 0 Å². The Morgan fingerprint density at radius 2 is 1.82 bits per heavy atom. The molecule has 0 spiro atoms. The Bertz CT molecular complexity index is 1330. The van der Waals surface area contributed by atoms with Gasteiger partial charge in [-0.2, -0.15) is 13.2 Å². The van der Waals surface area contributed by atoms with Crippen molar-refractivity contribution >= 4 is 23.2 Å². The summed E-state index contributed by atoms with van der Waals surface area (Å²) in [5.74, 6) is 0.0791. The van der Waals surface area contributed by atoms with Crippen LogP contribution in [0.5, 0.6) is 0 Å². The largest absolute Gasteiger partial charge is 0.416 e. The van der Waals surface area contributed by atoms with Crippen LogP contribution >= 0.6 is 23.2 Å². The molecule has 4 aromatic rings. The molecule has 0 radical (unpaired) electrons. The van der Waals surface area contributed by atoms with Gasteiger partial charge in [0.2, 0.25) is 0 Å². The summed E-state index contributed by atoms with van der Waals surface area (Å²) in [6, 6.07) is 7.58. The minimum absolute atomic E-state index is 0.0743. The first-order chi connectivity index (χ1) is 15.6. The van der Waals surface area contributed by atoms with E-state index < -0.39 is 24.5 Å². The van der Waals surface area contributed by atoms with Gasteiger partial charge in [0.1, 0.15) is 18.6 Å². The maximum atomic E-state index is 13.0. The summed E-state index contributed by atoms with van der Waals surface area (Å²) in [5.41, 5.74) is -0.0878. The third kappa shape index (κ3) is 4.92. The lowest BCUT2D eigenvalue weighted by atomic mass is 10.2. The molecule has 4 rings (SSSR count). The number of aliphatic hydroxyl groups is 1. The molecule has 3 heterocycles. The highest BCUT2D eigenvalue weighted by atomic mass is 35.5. The number of rotatable bonds is 6. The zero-order valence-corrected chi connectivity index (χ0v) is 18.0. The normalized spacial score (nSPS) is 12.8. The van der Waals surface area contributed by atoms with E-state index in [1.54, 1.807) is 6.07 Å². The number of aliphatic hydroxyl groups excluding tert-OH is 1. The van der Waals surface area contributed by atoms with Crippen LogP contribution in [-0.2, 0) is 13.1 Å². The van der Waals surface area contributed by atoms with Crippen molar-refractivity contribution in [1.29, 1.82) is 0 Å². The van der Waals surface area contributed by atoms with E-state index in [1.807, 2.05) is 0 Å². The Balaban J connectivity index is 1.71. The van der Waals surface area contributed by atoms with Gasteiger partial charge in [-0.25, -0.2) is 19.1 Å². The molecule has 0 unspecified atom stereocenters. The number of hydrogen-bond acceptors (Lipinski definition) is 6. The van der Waals surface area contributed by atoms with Gasteiger partial charge in [0.25, 0.3) is 0 Å². The number of benzene rings is 1. The van der Waals surface area contributed by atoms with E-state index in [4.69, 9.17) is 23.2 Å². The Labute approximate surface area is 193 Å². The van der Waals surface area contributed by atoms with Crippen molar-refractivity contribution in [2.45, 2.75) is 25.4 Å². The molecule has 1 aromatic carbocycles. The number of nitrogens with zero attached hydrogens (tertiary/aromatic N) is 7. The molecule has 33 heavy (non-hydrogen) atoms. The predicted octanol–water partition coefficient (Wildman–Crippen LogP) is 2.97. The second-order valence-corrected chi connectivity index (χ2v) is 7.71. The Morgan fingerprint density at radius 1 is 1.09 bits per heavy atom. The van der Waals surface area contributed by atoms with E-state index in [9.17, 15) is 23.1 Å². The zero-order chi connectivity index (χ0) is 23.8. The summed E-state index contributed by atoms with van der Waals surface area (Å²) in [6.45, 7) is -1.27. The SMILES string of the molecule is O=c1n(Cc2ncn(-c3cnccc3Cl)n2)nc(-c2ccc(Cl)cc2)n1C[C@H](O)C(F)(F)F. The third-order valence-electron chi connectivity index (χ3n) is 4.58. The van der Waals surface area contributed by atoms with Crippen LogP contribution < -0.4 is 5.69 Å². The number of hydrogen-bond donors (Lipinski definition) is 1. The topological polar surface area (TPSA) is 104 Å². The van der Waals surface area contributed by atoms with Crippen LogP contribution in [0.25, 0.3) is 17.1 Å². The second-order valence-electron chi connectivity index (χ2n) is 6.87. The van der Waals surface area contributed by atoms with Crippen molar-refractivity contribution < 1.29 is 18.3 Å². The summed E-state index contributed by atoms with van der Waals surface area (Å²) in [7, 11) is 0. The molecular weight excluding hydrogens is 486 g/mol. The molecule has 0 aliphatic heterocycles. The molecular formula is C19H14Cl2F3N7O2. The Kier molecular flexibility index (Phi) is 6.23. The standard InChI is InChI=1S/C19H14Cl2F3N7O2/c20-12-3-1-11(2-4-12)17-28-30(18(33)29(17)8-15(32)19(22,23)24)9-16-26-10-31(27-16)14-7-25-6-5-13(14)21/h1-7,10,15,32H,8-9H2/t15-/m0/s1. The maximum absolute atomic E-state index is 13.0. The fraction of sp³-hybridized carbons (Fsp3) is 0.211. The third-order valence-corrected chi connectivity index (χ3v) is 5.16. The minimum atomic E-state index is -4.91. The number of pyridine rings is 1. The second kappa shape index (κ2) is 8.96. The zero-order valence-electron chi connectivity index (χ0n) is 16.5. The molecule has 3 aromatic heterocycles. The van der Waals surface area contributed by atoms with E-state index in [1.165, 1.54) is 47.7 Å².